The molecule has 0 aromatic heterocycles. The summed E-state index contributed by atoms with van der Waals surface area (Å²) >= 11 is 0. The minimum Gasteiger partial charge on any atom is -0.462 e. The number of ether oxygens (including phenoxy) is 4. The van der Waals surface area contributed by atoms with E-state index in [2.05, 4.69) is 6.58 Å². The van der Waals surface area contributed by atoms with Gasteiger partial charge < -0.3 is 18.9 Å². The zero-order valence-corrected chi connectivity index (χ0v) is 14.4. The van der Waals surface area contributed by atoms with Crippen LogP contribution in [-0.4, -0.2) is 48.8 Å². The Morgan fingerprint density at radius 3 is 1.75 bits per heavy atom. The summed E-state index contributed by atoms with van der Waals surface area (Å²) in [5.74, 6) is -2.32. The molecular weight excluding hydrogens is 320 g/mol. The molecule has 0 spiro atoms. The highest BCUT2D eigenvalue weighted by Gasteiger charge is 2.31. The summed E-state index contributed by atoms with van der Waals surface area (Å²) in [6.45, 7) is 8.11. The van der Waals surface area contributed by atoms with Gasteiger partial charge in [0.15, 0.2) is 6.10 Å². The fourth-order valence-electron chi connectivity index (χ4n) is 1.99. The Morgan fingerprint density at radius 2 is 1.33 bits per heavy atom. The minimum atomic E-state index is -1.02. The maximum atomic E-state index is 11.3. The first-order chi connectivity index (χ1) is 11.1. The van der Waals surface area contributed by atoms with Crippen LogP contribution in [-0.2, 0) is 38.1 Å². The molecule has 0 aromatic rings. The molecule has 0 amide bonds. The fourth-order valence-corrected chi connectivity index (χ4v) is 1.99. The molecule has 0 bridgehead atoms. The van der Waals surface area contributed by atoms with Crippen LogP contribution in [0, 0.1) is 0 Å². The van der Waals surface area contributed by atoms with E-state index in [4.69, 9.17) is 18.9 Å². The number of rotatable bonds is 10. The van der Waals surface area contributed by atoms with Crippen LogP contribution >= 0.6 is 0 Å². The third-order valence-electron chi connectivity index (χ3n) is 2.76. The van der Waals surface area contributed by atoms with Gasteiger partial charge >= 0.3 is 23.9 Å². The second kappa shape index (κ2) is 11.2. The summed E-state index contributed by atoms with van der Waals surface area (Å²) in [5.41, 5.74) is 0. The van der Waals surface area contributed by atoms with Gasteiger partial charge in [-0.2, -0.15) is 0 Å². The fraction of sp³-hybridized carbons (Fsp3) is 0.625. The zero-order chi connectivity index (χ0) is 18.7. The summed E-state index contributed by atoms with van der Waals surface area (Å²) < 4.78 is 20.2. The molecule has 0 heterocycles. The lowest BCUT2D eigenvalue weighted by molar-refractivity contribution is -0.176. The van der Waals surface area contributed by atoms with Gasteiger partial charge in [0.2, 0.25) is 0 Å². The number of carbonyl (C=O) groups excluding carboxylic acids is 4. The summed E-state index contributed by atoms with van der Waals surface area (Å²) in [4.78, 5) is 44.8. The first-order valence-corrected chi connectivity index (χ1v) is 7.41. The molecule has 0 aliphatic heterocycles. The van der Waals surface area contributed by atoms with Crippen LogP contribution in [0.1, 0.15) is 40.5 Å². The highest BCUT2D eigenvalue weighted by Crippen LogP contribution is 2.17. The van der Waals surface area contributed by atoms with Crippen LogP contribution in [0.3, 0.4) is 0 Å². The topological polar surface area (TPSA) is 105 Å². The van der Waals surface area contributed by atoms with Gasteiger partial charge in [-0.05, 0) is 0 Å². The lowest BCUT2D eigenvalue weighted by Gasteiger charge is -2.28. The maximum Gasteiger partial charge on any atom is 0.303 e. The molecule has 0 aromatic carbocycles. The predicted molar refractivity (Wildman–Crippen MR) is 82.7 cm³/mol. The lowest BCUT2D eigenvalue weighted by atomic mass is 10.0. The molecule has 0 radical (unpaired) electrons. The summed E-state index contributed by atoms with van der Waals surface area (Å²) in [6, 6.07) is 0. The van der Waals surface area contributed by atoms with Crippen LogP contribution in [0.25, 0.3) is 0 Å². The molecule has 0 fully saturated rings. The van der Waals surface area contributed by atoms with Crippen LogP contribution < -0.4 is 0 Å². The van der Waals surface area contributed by atoms with E-state index < -0.39 is 42.2 Å². The van der Waals surface area contributed by atoms with E-state index in [0.717, 1.165) is 0 Å². The molecule has 3 atom stereocenters. The molecule has 0 N–H and O–H groups in total. The highest BCUT2D eigenvalue weighted by molar-refractivity contribution is 5.68. The molecule has 24 heavy (non-hydrogen) atoms. The van der Waals surface area contributed by atoms with E-state index in [9.17, 15) is 19.2 Å². The van der Waals surface area contributed by atoms with Gasteiger partial charge in [0, 0.05) is 40.5 Å². The van der Waals surface area contributed by atoms with Crippen molar-refractivity contribution in [3.63, 3.8) is 0 Å². The Labute approximate surface area is 141 Å². The Balaban J connectivity index is 5.25. The van der Waals surface area contributed by atoms with Gasteiger partial charge in [0.05, 0.1) is 0 Å². The average molecular weight is 344 g/mol. The van der Waals surface area contributed by atoms with Gasteiger partial charge in [0.1, 0.15) is 18.8 Å². The third kappa shape index (κ3) is 10.4. The van der Waals surface area contributed by atoms with Crippen molar-refractivity contribution in [2.45, 2.75) is 58.8 Å². The second-order valence-electron chi connectivity index (χ2n) is 5.09. The Bertz CT molecular complexity index is 471. The smallest absolute Gasteiger partial charge is 0.303 e. The average Bonchev–Trinajstić information content (AvgIpc) is 2.41. The number of carbonyl (C=O) groups is 4. The minimum absolute atomic E-state index is 0.0599. The number of esters is 4. The molecular formula is C16H24O8. The van der Waals surface area contributed by atoms with Gasteiger partial charge in [-0.25, -0.2) is 0 Å². The van der Waals surface area contributed by atoms with E-state index in [1.54, 1.807) is 6.08 Å². The zero-order valence-electron chi connectivity index (χ0n) is 14.4. The Morgan fingerprint density at radius 1 is 0.833 bits per heavy atom. The third-order valence-corrected chi connectivity index (χ3v) is 2.76. The molecule has 8 nitrogen and oxygen atoms in total. The molecule has 0 aliphatic rings. The SMILES string of the molecule is C=CCC(C[C@H](OC(C)=O)[C@@H](COC(C)=O)OC(C)=O)OC(C)=O. The van der Waals surface area contributed by atoms with E-state index >= 15 is 0 Å². The maximum absolute atomic E-state index is 11.3. The van der Waals surface area contributed by atoms with Crippen molar-refractivity contribution in [2.24, 2.45) is 0 Å². The normalized spacial score (nSPS) is 13.8. The van der Waals surface area contributed by atoms with Gasteiger partial charge in [-0.1, -0.05) is 6.08 Å². The van der Waals surface area contributed by atoms with E-state index in [1.807, 2.05) is 0 Å². The summed E-state index contributed by atoms with van der Waals surface area (Å²) in [7, 11) is 0. The number of hydrogen-bond acceptors (Lipinski definition) is 8. The quantitative estimate of drug-likeness (QED) is 0.332. The van der Waals surface area contributed by atoms with Crippen molar-refractivity contribution >= 4 is 23.9 Å². The van der Waals surface area contributed by atoms with Crippen molar-refractivity contribution in [3.05, 3.63) is 12.7 Å². The van der Waals surface area contributed by atoms with Gasteiger partial charge in [-0.15, -0.1) is 6.58 Å². The molecule has 0 aliphatic carbocycles. The molecule has 8 heteroatoms. The molecule has 0 rings (SSSR count). The highest BCUT2D eigenvalue weighted by atomic mass is 16.6. The molecule has 0 saturated carbocycles. The number of hydrogen-bond donors (Lipinski definition) is 0. The van der Waals surface area contributed by atoms with Gasteiger partial charge in [0.25, 0.3) is 0 Å². The van der Waals surface area contributed by atoms with Crippen LogP contribution in [0.15, 0.2) is 12.7 Å². The van der Waals surface area contributed by atoms with E-state index in [0.29, 0.717) is 6.42 Å². The van der Waals surface area contributed by atoms with Crippen molar-refractivity contribution in [3.8, 4) is 0 Å². The van der Waals surface area contributed by atoms with Gasteiger partial charge in [-0.3, -0.25) is 19.2 Å². The van der Waals surface area contributed by atoms with E-state index in [1.165, 1.54) is 27.7 Å². The Kier molecular flexibility index (Phi) is 10.1. The first-order valence-electron chi connectivity index (χ1n) is 7.41. The van der Waals surface area contributed by atoms with Crippen molar-refractivity contribution < 1.29 is 38.1 Å². The summed E-state index contributed by atoms with van der Waals surface area (Å²) in [6.07, 6.45) is -0.666. The Hall–Kier alpha value is -2.38. The van der Waals surface area contributed by atoms with Crippen molar-refractivity contribution in [2.75, 3.05) is 6.61 Å². The molecule has 0 saturated heterocycles. The van der Waals surface area contributed by atoms with Crippen LogP contribution in [0.4, 0.5) is 0 Å². The second-order valence-corrected chi connectivity index (χ2v) is 5.09. The van der Waals surface area contributed by atoms with Crippen molar-refractivity contribution in [1.29, 1.82) is 0 Å². The van der Waals surface area contributed by atoms with Crippen molar-refractivity contribution in [1.82, 2.24) is 0 Å². The summed E-state index contributed by atoms with van der Waals surface area (Å²) in [5, 5.41) is 0. The van der Waals surface area contributed by atoms with Crippen LogP contribution in [0.5, 0.6) is 0 Å². The monoisotopic (exact) mass is 344 g/mol. The van der Waals surface area contributed by atoms with Crippen LogP contribution in [0.2, 0.25) is 0 Å². The predicted octanol–water partition coefficient (Wildman–Crippen LogP) is 1.31. The van der Waals surface area contributed by atoms with E-state index in [-0.39, 0.29) is 13.0 Å². The largest absolute Gasteiger partial charge is 0.462 e. The first kappa shape index (κ1) is 21.6. The molecule has 1 unspecified atom stereocenters. The lowest BCUT2D eigenvalue weighted by Crippen LogP contribution is -2.41. The molecule has 136 valence electrons. The standard InChI is InChI=1S/C16H24O8/c1-6-7-14(22-11(3)18)8-15(23-12(4)19)16(24-13(5)20)9-21-10(2)17/h6,14-16H,1,7-9H2,2-5H3/t14?,15-,16+/m0/s1.